The first-order chi connectivity index (χ1) is 9.40. The maximum Gasteiger partial charge on any atom is 0.129 e. The highest BCUT2D eigenvalue weighted by Gasteiger charge is 2.34. The molecule has 3 heteroatoms. The van der Waals surface area contributed by atoms with Crippen LogP contribution in [-0.4, -0.2) is 31.2 Å². The Morgan fingerprint density at radius 2 is 1.95 bits per heavy atom. The number of hydrogen-bond donors (Lipinski definition) is 1. The van der Waals surface area contributed by atoms with Gasteiger partial charge < -0.3 is 10.2 Å². The van der Waals surface area contributed by atoms with Gasteiger partial charge in [-0.3, -0.25) is 0 Å². The van der Waals surface area contributed by atoms with Crippen LogP contribution in [0.1, 0.15) is 6.42 Å². The van der Waals surface area contributed by atoms with Crippen molar-refractivity contribution in [1.82, 2.24) is 10.3 Å². The Morgan fingerprint density at radius 1 is 1.05 bits per heavy atom. The molecule has 1 N–H and O–H groups in total. The predicted octanol–water partition coefficient (Wildman–Crippen LogP) is 2.28. The smallest absolute Gasteiger partial charge is 0.129 e. The third-order valence-corrected chi connectivity index (χ3v) is 4.58. The molecule has 2 aliphatic heterocycles. The lowest BCUT2D eigenvalue weighted by atomic mass is 9.90. The number of pyridine rings is 1. The average Bonchev–Trinajstić information content (AvgIpc) is 2.90. The maximum atomic E-state index is 4.82. The van der Waals surface area contributed by atoms with E-state index in [0.717, 1.165) is 29.7 Å². The van der Waals surface area contributed by atoms with Gasteiger partial charge in [-0.05, 0) is 49.5 Å². The molecule has 2 aliphatic rings. The lowest BCUT2D eigenvalue weighted by molar-refractivity contribution is 0.318. The van der Waals surface area contributed by atoms with Gasteiger partial charge in [-0.2, -0.15) is 0 Å². The standard InChI is InChI=1S/C16H19N3/c1-2-4-15-12(3-1)5-6-16(18-15)19-10-13-7-8-17-9-14(13)11-19/h1-6,13-14,17H,7-11H2. The minimum Gasteiger partial charge on any atom is -0.356 e. The molecule has 1 aromatic heterocycles. The van der Waals surface area contributed by atoms with E-state index in [0.29, 0.717) is 0 Å². The summed E-state index contributed by atoms with van der Waals surface area (Å²) in [6.07, 6.45) is 1.31. The van der Waals surface area contributed by atoms with Crippen molar-refractivity contribution in [2.45, 2.75) is 6.42 Å². The Bertz CT molecular complexity index is 581. The van der Waals surface area contributed by atoms with Crippen molar-refractivity contribution in [2.24, 2.45) is 11.8 Å². The normalized spacial score (nSPS) is 26.6. The molecule has 0 saturated carbocycles. The highest BCUT2D eigenvalue weighted by molar-refractivity contribution is 5.80. The minimum atomic E-state index is 0.807. The summed E-state index contributed by atoms with van der Waals surface area (Å²) in [6.45, 7) is 4.69. The molecule has 3 heterocycles. The highest BCUT2D eigenvalue weighted by Crippen LogP contribution is 2.31. The molecule has 2 atom stereocenters. The Morgan fingerprint density at radius 3 is 2.89 bits per heavy atom. The fraction of sp³-hybridized carbons (Fsp3) is 0.438. The predicted molar refractivity (Wildman–Crippen MR) is 78.4 cm³/mol. The topological polar surface area (TPSA) is 28.2 Å². The third kappa shape index (κ3) is 1.98. The van der Waals surface area contributed by atoms with E-state index in [1.807, 2.05) is 0 Å². The fourth-order valence-electron chi connectivity index (χ4n) is 3.49. The van der Waals surface area contributed by atoms with E-state index in [9.17, 15) is 0 Å². The van der Waals surface area contributed by atoms with Crippen molar-refractivity contribution in [1.29, 1.82) is 0 Å². The molecular weight excluding hydrogens is 234 g/mol. The quantitative estimate of drug-likeness (QED) is 0.845. The van der Waals surface area contributed by atoms with Crippen molar-refractivity contribution in [3.63, 3.8) is 0 Å². The van der Waals surface area contributed by atoms with Crippen LogP contribution in [-0.2, 0) is 0 Å². The first-order valence-corrected chi connectivity index (χ1v) is 7.21. The van der Waals surface area contributed by atoms with Crippen LogP contribution in [0.3, 0.4) is 0 Å². The minimum absolute atomic E-state index is 0.807. The van der Waals surface area contributed by atoms with E-state index >= 15 is 0 Å². The van der Waals surface area contributed by atoms with Crippen LogP contribution in [0.4, 0.5) is 5.82 Å². The van der Waals surface area contributed by atoms with Gasteiger partial charge in [0.2, 0.25) is 0 Å². The van der Waals surface area contributed by atoms with Gasteiger partial charge in [0.25, 0.3) is 0 Å². The molecule has 98 valence electrons. The lowest BCUT2D eigenvalue weighted by Crippen LogP contribution is -2.35. The Labute approximate surface area is 113 Å². The number of para-hydroxylation sites is 1. The van der Waals surface area contributed by atoms with Gasteiger partial charge >= 0.3 is 0 Å². The molecule has 4 rings (SSSR count). The van der Waals surface area contributed by atoms with Crippen LogP contribution in [0.15, 0.2) is 36.4 Å². The van der Waals surface area contributed by atoms with Crippen LogP contribution >= 0.6 is 0 Å². The SMILES string of the molecule is c1ccc2nc(N3CC4CCNCC4C3)ccc2c1. The second-order valence-corrected chi connectivity index (χ2v) is 5.78. The molecule has 0 bridgehead atoms. The summed E-state index contributed by atoms with van der Waals surface area (Å²) in [6, 6.07) is 12.7. The molecule has 0 amide bonds. The van der Waals surface area contributed by atoms with Gasteiger partial charge in [0.15, 0.2) is 0 Å². The first kappa shape index (κ1) is 11.2. The summed E-state index contributed by atoms with van der Waals surface area (Å²) in [5.41, 5.74) is 1.10. The molecule has 2 unspecified atom stereocenters. The van der Waals surface area contributed by atoms with E-state index in [1.54, 1.807) is 0 Å². The second kappa shape index (κ2) is 4.49. The average molecular weight is 253 g/mol. The molecule has 0 aliphatic carbocycles. The lowest BCUT2D eigenvalue weighted by Gasteiger charge is -2.23. The van der Waals surface area contributed by atoms with Crippen LogP contribution < -0.4 is 10.2 Å². The molecule has 2 aromatic rings. The van der Waals surface area contributed by atoms with Gasteiger partial charge in [-0.15, -0.1) is 0 Å². The maximum absolute atomic E-state index is 4.82. The number of nitrogens with one attached hydrogen (secondary N) is 1. The number of benzene rings is 1. The second-order valence-electron chi connectivity index (χ2n) is 5.78. The Kier molecular flexibility index (Phi) is 2.66. The summed E-state index contributed by atoms with van der Waals surface area (Å²) < 4.78 is 0. The van der Waals surface area contributed by atoms with Crippen LogP contribution in [0.25, 0.3) is 10.9 Å². The summed E-state index contributed by atoms with van der Waals surface area (Å²) in [7, 11) is 0. The number of rotatable bonds is 1. The van der Waals surface area contributed by atoms with E-state index in [1.165, 1.54) is 31.4 Å². The van der Waals surface area contributed by atoms with Gasteiger partial charge in [-0.1, -0.05) is 18.2 Å². The fourth-order valence-corrected chi connectivity index (χ4v) is 3.49. The molecule has 2 fully saturated rings. The molecule has 2 saturated heterocycles. The van der Waals surface area contributed by atoms with Gasteiger partial charge in [0, 0.05) is 18.5 Å². The van der Waals surface area contributed by atoms with E-state index in [-0.39, 0.29) is 0 Å². The summed E-state index contributed by atoms with van der Waals surface area (Å²) in [4.78, 5) is 7.29. The number of aromatic nitrogens is 1. The van der Waals surface area contributed by atoms with Crippen molar-refractivity contribution in [2.75, 3.05) is 31.1 Å². The largest absolute Gasteiger partial charge is 0.356 e. The molecule has 0 spiro atoms. The number of fused-ring (bicyclic) bond motifs is 2. The third-order valence-electron chi connectivity index (χ3n) is 4.58. The summed E-state index contributed by atoms with van der Waals surface area (Å²) in [5, 5.41) is 4.74. The van der Waals surface area contributed by atoms with Crippen molar-refractivity contribution < 1.29 is 0 Å². The van der Waals surface area contributed by atoms with Crippen molar-refractivity contribution >= 4 is 16.7 Å². The number of hydrogen-bond acceptors (Lipinski definition) is 3. The van der Waals surface area contributed by atoms with Gasteiger partial charge in [0.1, 0.15) is 5.82 Å². The van der Waals surface area contributed by atoms with E-state index in [4.69, 9.17) is 4.98 Å². The highest BCUT2D eigenvalue weighted by atomic mass is 15.2. The van der Waals surface area contributed by atoms with E-state index < -0.39 is 0 Å². The summed E-state index contributed by atoms with van der Waals surface area (Å²) >= 11 is 0. The molecule has 3 nitrogen and oxygen atoms in total. The molecule has 1 aromatic carbocycles. The molecule has 19 heavy (non-hydrogen) atoms. The van der Waals surface area contributed by atoms with Crippen LogP contribution in [0.2, 0.25) is 0 Å². The van der Waals surface area contributed by atoms with Crippen LogP contribution in [0.5, 0.6) is 0 Å². The molecular formula is C16H19N3. The van der Waals surface area contributed by atoms with Crippen molar-refractivity contribution in [3.8, 4) is 0 Å². The zero-order chi connectivity index (χ0) is 12.7. The zero-order valence-corrected chi connectivity index (χ0v) is 11.0. The first-order valence-electron chi connectivity index (χ1n) is 7.21. The number of piperidine rings is 1. The Balaban J connectivity index is 1.64. The van der Waals surface area contributed by atoms with E-state index in [2.05, 4.69) is 46.6 Å². The van der Waals surface area contributed by atoms with Gasteiger partial charge in [0.05, 0.1) is 5.52 Å². The Hall–Kier alpha value is -1.61. The van der Waals surface area contributed by atoms with Crippen molar-refractivity contribution in [3.05, 3.63) is 36.4 Å². The monoisotopic (exact) mass is 253 g/mol. The summed E-state index contributed by atoms with van der Waals surface area (Å²) in [5.74, 6) is 2.81. The molecule has 0 radical (unpaired) electrons. The number of anilines is 1. The zero-order valence-electron chi connectivity index (χ0n) is 11.0. The number of nitrogens with zero attached hydrogens (tertiary/aromatic N) is 2. The van der Waals surface area contributed by atoms with Crippen LogP contribution in [0, 0.1) is 11.8 Å². The van der Waals surface area contributed by atoms with Gasteiger partial charge in [-0.25, -0.2) is 4.98 Å².